The third-order valence-electron chi connectivity index (χ3n) is 4.49. The number of nitrogens with one attached hydrogen (secondary N) is 1. The predicted molar refractivity (Wildman–Crippen MR) is 119 cm³/mol. The molecule has 0 bridgehead atoms. The van der Waals surface area contributed by atoms with Crippen LogP contribution in [0.3, 0.4) is 0 Å². The van der Waals surface area contributed by atoms with Crippen molar-refractivity contribution in [2.24, 2.45) is 0 Å². The Morgan fingerprint density at radius 1 is 0.969 bits per heavy atom. The number of anilines is 1. The summed E-state index contributed by atoms with van der Waals surface area (Å²) in [6.45, 7) is 0. The average Bonchev–Trinajstić information content (AvgIpc) is 3.13. The van der Waals surface area contributed by atoms with E-state index in [1.807, 2.05) is 0 Å². The van der Waals surface area contributed by atoms with Crippen LogP contribution in [0.15, 0.2) is 95.1 Å². The number of pyridine rings is 1. The summed E-state index contributed by atoms with van der Waals surface area (Å²) in [6.07, 6.45) is -1.61. The molecule has 0 radical (unpaired) electrons. The van der Waals surface area contributed by atoms with E-state index in [0.29, 0.717) is 15.6 Å². The fourth-order valence-corrected chi connectivity index (χ4v) is 4.22. The van der Waals surface area contributed by atoms with E-state index in [0.717, 1.165) is 17.8 Å². The zero-order valence-electron chi connectivity index (χ0n) is 16.3. The van der Waals surface area contributed by atoms with Gasteiger partial charge in [0.25, 0.3) is 5.91 Å². The summed E-state index contributed by atoms with van der Waals surface area (Å²) in [4.78, 5) is 17.3. The van der Waals surface area contributed by atoms with Gasteiger partial charge in [0.05, 0.1) is 10.6 Å². The van der Waals surface area contributed by atoms with Gasteiger partial charge < -0.3 is 5.32 Å². The van der Waals surface area contributed by atoms with Gasteiger partial charge in [-0.1, -0.05) is 41.6 Å². The number of benzene rings is 2. The Balaban J connectivity index is 1.85. The molecule has 0 aliphatic carbocycles. The molecular weight excluding hydrogens is 459 g/mol. The number of hydrogen-bond donors (Lipinski definition) is 1. The molecule has 0 fully saturated rings. The Bertz CT molecular complexity index is 1230. The molecule has 0 spiro atoms. The van der Waals surface area contributed by atoms with Crippen LogP contribution in [0.5, 0.6) is 0 Å². The molecule has 1 N–H and O–H groups in total. The van der Waals surface area contributed by atoms with Crippen molar-refractivity contribution >= 4 is 35.1 Å². The molecule has 4 aromatic rings. The number of amides is 1. The number of aromatic nitrogens is 2. The van der Waals surface area contributed by atoms with Crippen LogP contribution in [0.2, 0.25) is 5.02 Å². The van der Waals surface area contributed by atoms with Gasteiger partial charge in [-0.25, -0.2) is 0 Å². The Kier molecular flexibility index (Phi) is 6.25. The minimum absolute atomic E-state index is 0.0000288. The standard InChI is InChI=1S/C23H15ClF3N3OS/c24-16-8-6-15(7-9-16)21(31)29-20-14-19(23(25,26)27)22(32-18-10-12-28-13-11-18)30(20)17-4-2-1-3-5-17/h1-14H,(H,29,31). The monoisotopic (exact) mass is 473 g/mol. The van der Waals surface area contributed by atoms with E-state index < -0.39 is 17.6 Å². The first-order valence-corrected chi connectivity index (χ1v) is 10.6. The molecule has 0 unspecified atom stereocenters. The van der Waals surface area contributed by atoms with Crippen LogP contribution in [0, 0.1) is 0 Å². The highest BCUT2D eigenvalue weighted by atomic mass is 35.5. The molecule has 0 saturated carbocycles. The van der Waals surface area contributed by atoms with Gasteiger partial charge in [-0.15, -0.1) is 0 Å². The van der Waals surface area contributed by atoms with Gasteiger partial charge in [0.2, 0.25) is 0 Å². The van der Waals surface area contributed by atoms with E-state index in [1.54, 1.807) is 54.6 Å². The number of para-hydroxylation sites is 1. The largest absolute Gasteiger partial charge is 0.419 e. The molecule has 0 atom stereocenters. The lowest BCUT2D eigenvalue weighted by Gasteiger charge is -2.15. The highest BCUT2D eigenvalue weighted by molar-refractivity contribution is 7.99. The first kappa shape index (κ1) is 22.0. The summed E-state index contributed by atoms with van der Waals surface area (Å²) in [7, 11) is 0. The molecule has 2 aromatic heterocycles. The average molecular weight is 474 g/mol. The van der Waals surface area contributed by atoms with E-state index in [-0.39, 0.29) is 16.4 Å². The highest BCUT2D eigenvalue weighted by Gasteiger charge is 2.38. The Hall–Kier alpha value is -3.23. The van der Waals surface area contributed by atoms with Crippen LogP contribution in [0.4, 0.5) is 19.0 Å². The fourth-order valence-electron chi connectivity index (χ4n) is 3.03. The minimum atomic E-state index is -4.63. The van der Waals surface area contributed by atoms with Crippen molar-refractivity contribution in [3.8, 4) is 5.69 Å². The number of rotatable bonds is 5. The molecule has 2 aromatic carbocycles. The summed E-state index contributed by atoms with van der Waals surface area (Å²) in [5.41, 5.74) is -0.104. The van der Waals surface area contributed by atoms with Crippen LogP contribution in [-0.2, 0) is 6.18 Å². The molecule has 4 rings (SSSR count). The summed E-state index contributed by atoms with van der Waals surface area (Å²) in [6, 6.07) is 18.8. The van der Waals surface area contributed by atoms with E-state index >= 15 is 0 Å². The number of nitrogens with zero attached hydrogens (tertiary/aromatic N) is 2. The second-order valence-corrected chi connectivity index (χ2v) is 8.16. The van der Waals surface area contributed by atoms with Crippen LogP contribution in [-0.4, -0.2) is 15.5 Å². The SMILES string of the molecule is O=C(Nc1cc(C(F)(F)F)c(Sc2ccncc2)n1-c1ccccc1)c1ccc(Cl)cc1. The van der Waals surface area contributed by atoms with Gasteiger partial charge in [0.15, 0.2) is 0 Å². The highest BCUT2D eigenvalue weighted by Crippen LogP contribution is 2.44. The maximum atomic E-state index is 14.0. The second-order valence-electron chi connectivity index (χ2n) is 6.66. The maximum Gasteiger partial charge on any atom is 0.419 e. The van der Waals surface area contributed by atoms with Gasteiger partial charge in [-0.2, -0.15) is 13.2 Å². The normalized spacial score (nSPS) is 11.4. The van der Waals surface area contributed by atoms with E-state index in [2.05, 4.69) is 10.3 Å². The molecule has 9 heteroatoms. The van der Waals surface area contributed by atoms with Crippen LogP contribution < -0.4 is 5.32 Å². The van der Waals surface area contributed by atoms with Gasteiger partial charge in [0, 0.05) is 33.6 Å². The van der Waals surface area contributed by atoms with Crippen molar-refractivity contribution in [1.82, 2.24) is 9.55 Å². The van der Waals surface area contributed by atoms with Gasteiger partial charge in [0.1, 0.15) is 5.82 Å². The van der Waals surface area contributed by atoms with Crippen LogP contribution in [0.1, 0.15) is 15.9 Å². The molecule has 32 heavy (non-hydrogen) atoms. The minimum Gasteiger partial charge on any atom is -0.308 e. The van der Waals surface area contributed by atoms with Crippen molar-refractivity contribution in [3.05, 3.63) is 101 Å². The summed E-state index contributed by atoms with van der Waals surface area (Å²) in [5.74, 6) is -0.550. The summed E-state index contributed by atoms with van der Waals surface area (Å²) < 4.78 is 43.4. The van der Waals surface area contributed by atoms with Crippen molar-refractivity contribution in [1.29, 1.82) is 0 Å². The zero-order valence-corrected chi connectivity index (χ0v) is 17.9. The predicted octanol–water partition coefficient (Wildman–Crippen LogP) is 6.95. The van der Waals surface area contributed by atoms with E-state index in [9.17, 15) is 18.0 Å². The van der Waals surface area contributed by atoms with Gasteiger partial charge >= 0.3 is 6.18 Å². The summed E-state index contributed by atoms with van der Waals surface area (Å²) >= 11 is 6.81. The molecule has 162 valence electrons. The lowest BCUT2D eigenvalue weighted by molar-refractivity contribution is -0.139. The van der Waals surface area contributed by atoms with Crippen molar-refractivity contribution < 1.29 is 18.0 Å². The number of hydrogen-bond acceptors (Lipinski definition) is 3. The Morgan fingerprint density at radius 2 is 1.62 bits per heavy atom. The summed E-state index contributed by atoms with van der Waals surface area (Å²) in [5, 5.41) is 3.00. The van der Waals surface area contributed by atoms with Gasteiger partial charge in [-0.3, -0.25) is 14.3 Å². The van der Waals surface area contributed by atoms with Crippen molar-refractivity contribution in [2.75, 3.05) is 5.32 Å². The Labute approximate surface area is 191 Å². The van der Waals surface area contributed by atoms with Crippen molar-refractivity contribution in [3.63, 3.8) is 0 Å². The molecule has 0 aliphatic rings. The van der Waals surface area contributed by atoms with E-state index in [4.69, 9.17) is 11.6 Å². The smallest absolute Gasteiger partial charge is 0.308 e. The van der Waals surface area contributed by atoms with E-state index in [1.165, 1.54) is 29.1 Å². The number of alkyl halides is 3. The van der Waals surface area contributed by atoms with Crippen LogP contribution in [0.25, 0.3) is 5.69 Å². The quantitative estimate of drug-likeness (QED) is 0.341. The maximum absolute atomic E-state index is 14.0. The molecular formula is C23H15ClF3N3OS. The van der Waals surface area contributed by atoms with Crippen LogP contribution >= 0.6 is 23.4 Å². The lowest BCUT2D eigenvalue weighted by Crippen LogP contribution is -2.14. The molecule has 2 heterocycles. The number of carbonyl (C=O) groups is 1. The second kappa shape index (κ2) is 9.10. The third-order valence-corrected chi connectivity index (χ3v) is 5.84. The third kappa shape index (κ3) is 4.81. The zero-order chi connectivity index (χ0) is 22.7. The first-order chi connectivity index (χ1) is 15.3. The molecule has 0 saturated heterocycles. The lowest BCUT2D eigenvalue weighted by atomic mass is 10.2. The molecule has 0 aliphatic heterocycles. The molecule has 1 amide bonds. The Morgan fingerprint density at radius 3 is 2.25 bits per heavy atom. The van der Waals surface area contributed by atoms with Crippen molar-refractivity contribution in [2.45, 2.75) is 16.1 Å². The first-order valence-electron chi connectivity index (χ1n) is 9.36. The number of halogens is 4. The topological polar surface area (TPSA) is 46.9 Å². The molecule has 4 nitrogen and oxygen atoms in total. The number of carbonyl (C=O) groups excluding carboxylic acids is 1. The van der Waals surface area contributed by atoms with Gasteiger partial charge in [-0.05, 0) is 54.6 Å². The fraction of sp³-hybridized carbons (Fsp3) is 0.0435.